The molecule has 0 amide bonds. The first-order valence-corrected chi connectivity index (χ1v) is 13.7. The van der Waals surface area contributed by atoms with Crippen molar-refractivity contribution in [1.29, 1.82) is 0 Å². The van der Waals surface area contributed by atoms with Gasteiger partial charge in [-0.1, -0.05) is 32.9 Å². The Morgan fingerprint density at radius 1 is 0.744 bits per heavy atom. The van der Waals surface area contributed by atoms with Gasteiger partial charge in [-0.3, -0.25) is 0 Å². The molecule has 2 rings (SSSR count). The van der Waals surface area contributed by atoms with Crippen LogP contribution in [0.5, 0.6) is 23.0 Å². The Balaban J connectivity index is 0.00000722. The maximum Gasteiger partial charge on any atom is 0.161 e. The number of nitrogens with one attached hydrogen (secondary N) is 2. The summed E-state index contributed by atoms with van der Waals surface area (Å²) in [6.45, 7) is 12.1. The predicted octanol–water partition coefficient (Wildman–Crippen LogP) is 6.85. The van der Waals surface area contributed by atoms with Crippen molar-refractivity contribution in [1.82, 2.24) is 10.6 Å². The van der Waals surface area contributed by atoms with Gasteiger partial charge in [0.25, 0.3) is 0 Å². The first-order chi connectivity index (χ1) is 17.8. The number of aryl methyl sites for hydroxylation is 1. The fourth-order valence-corrected chi connectivity index (χ4v) is 4.92. The van der Waals surface area contributed by atoms with Gasteiger partial charge in [-0.05, 0) is 93.4 Å². The molecule has 0 aliphatic rings. The normalized spacial score (nSPS) is 13.1. The molecule has 2 N–H and O–H groups in total. The molecule has 2 aromatic rings. The lowest BCUT2D eigenvalue weighted by atomic mass is 9.68. The van der Waals surface area contributed by atoms with Crippen molar-refractivity contribution < 1.29 is 18.9 Å². The van der Waals surface area contributed by atoms with Crippen LogP contribution in [0, 0.1) is 5.92 Å². The zero-order valence-corrected chi connectivity index (χ0v) is 26.9. The van der Waals surface area contributed by atoms with Crippen molar-refractivity contribution in [3.63, 3.8) is 0 Å². The van der Waals surface area contributed by atoms with Gasteiger partial charge in [-0.15, -0.1) is 24.8 Å². The summed E-state index contributed by atoms with van der Waals surface area (Å²) in [6.07, 6.45) is 5.39. The first-order valence-electron chi connectivity index (χ1n) is 13.7. The molecule has 0 heterocycles. The standard InChI is InChI=1S/C31H50N2O4.2ClH/c1-9-24(4)33-22-31(23(2)3,26-14-16-28(35-6)30(21-26)37-8)17-11-19-32-18-10-12-25-13-15-27(34-5)29(20-25)36-7;;/h13-16,20-21,23-24,32-33H,9-12,17-19,22H2,1-8H3;2*1H. The van der Waals surface area contributed by atoms with Crippen molar-refractivity contribution >= 4 is 24.8 Å². The number of rotatable bonds is 18. The summed E-state index contributed by atoms with van der Waals surface area (Å²) in [5, 5.41) is 7.47. The van der Waals surface area contributed by atoms with Gasteiger partial charge >= 0.3 is 0 Å². The Bertz CT molecular complexity index is 945. The van der Waals surface area contributed by atoms with Crippen molar-refractivity contribution in [2.45, 2.75) is 71.3 Å². The van der Waals surface area contributed by atoms with Crippen molar-refractivity contribution in [2.75, 3.05) is 48.1 Å². The largest absolute Gasteiger partial charge is 0.493 e. The summed E-state index contributed by atoms with van der Waals surface area (Å²) in [7, 11) is 6.75. The quantitative estimate of drug-likeness (QED) is 0.186. The minimum Gasteiger partial charge on any atom is -0.493 e. The molecular formula is C31H52Cl2N2O4. The smallest absolute Gasteiger partial charge is 0.161 e. The maximum atomic E-state index is 5.66. The van der Waals surface area contributed by atoms with Crippen molar-refractivity contribution in [3.05, 3.63) is 47.5 Å². The molecule has 2 aromatic carbocycles. The van der Waals surface area contributed by atoms with Crippen LogP contribution in [0.15, 0.2) is 36.4 Å². The van der Waals surface area contributed by atoms with Gasteiger partial charge in [-0.2, -0.15) is 0 Å². The number of halogens is 2. The number of ether oxygens (including phenoxy) is 4. The summed E-state index contributed by atoms with van der Waals surface area (Å²) in [5.74, 6) is 3.60. The van der Waals surface area contributed by atoms with Crippen LogP contribution in [0.3, 0.4) is 0 Å². The van der Waals surface area contributed by atoms with E-state index in [1.54, 1.807) is 28.4 Å². The molecule has 0 fully saturated rings. The molecule has 2 atom stereocenters. The molecule has 0 bridgehead atoms. The lowest BCUT2D eigenvalue weighted by Gasteiger charge is -2.40. The van der Waals surface area contributed by atoms with E-state index in [4.69, 9.17) is 18.9 Å². The molecule has 39 heavy (non-hydrogen) atoms. The Hall–Kier alpha value is -1.86. The molecule has 0 saturated carbocycles. The highest BCUT2D eigenvalue weighted by Gasteiger charge is 2.36. The molecule has 0 aliphatic carbocycles. The Labute approximate surface area is 249 Å². The molecular weight excluding hydrogens is 535 g/mol. The monoisotopic (exact) mass is 586 g/mol. The fourth-order valence-electron chi connectivity index (χ4n) is 4.92. The van der Waals surface area contributed by atoms with Crippen LogP contribution < -0.4 is 29.6 Å². The third kappa shape index (κ3) is 10.6. The number of benzene rings is 2. The van der Waals surface area contributed by atoms with Crippen LogP contribution in [-0.4, -0.2) is 54.1 Å². The molecule has 224 valence electrons. The van der Waals surface area contributed by atoms with E-state index in [2.05, 4.69) is 62.6 Å². The number of hydrogen-bond donors (Lipinski definition) is 2. The van der Waals surface area contributed by atoms with Gasteiger partial charge in [-0.25, -0.2) is 0 Å². The SMILES string of the molecule is CCC(C)NCC(CCCNCCCc1ccc(OC)c(OC)c1)(c1ccc(OC)c(OC)c1)C(C)C.Cl.Cl. The van der Waals surface area contributed by atoms with E-state index in [-0.39, 0.29) is 30.2 Å². The third-order valence-corrected chi connectivity index (χ3v) is 7.69. The third-order valence-electron chi connectivity index (χ3n) is 7.69. The first kappa shape index (κ1) is 37.1. The van der Waals surface area contributed by atoms with E-state index in [9.17, 15) is 0 Å². The highest BCUT2D eigenvalue weighted by atomic mass is 35.5. The van der Waals surface area contributed by atoms with E-state index in [0.29, 0.717) is 12.0 Å². The minimum atomic E-state index is 0. The molecule has 0 radical (unpaired) electrons. The lowest BCUT2D eigenvalue weighted by molar-refractivity contribution is 0.252. The molecule has 0 spiro atoms. The van der Waals surface area contributed by atoms with Gasteiger partial charge in [0.2, 0.25) is 0 Å². The summed E-state index contributed by atoms with van der Waals surface area (Å²) < 4.78 is 21.9. The Morgan fingerprint density at radius 3 is 1.87 bits per heavy atom. The average Bonchev–Trinajstić information content (AvgIpc) is 2.93. The summed E-state index contributed by atoms with van der Waals surface area (Å²) in [4.78, 5) is 0. The molecule has 0 saturated heterocycles. The van der Waals surface area contributed by atoms with Gasteiger partial charge in [0.15, 0.2) is 23.0 Å². The zero-order valence-electron chi connectivity index (χ0n) is 25.2. The van der Waals surface area contributed by atoms with Crippen LogP contribution in [0.1, 0.15) is 64.5 Å². The van der Waals surface area contributed by atoms with E-state index in [1.807, 2.05) is 12.1 Å². The summed E-state index contributed by atoms with van der Waals surface area (Å²) in [6, 6.07) is 13.1. The zero-order chi connectivity index (χ0) is 27.3. The van der Waals surface area contributed by atoms with Crippen LogP contribution in [0.4, 0.5) is 0 Å². The Kier molecular flexibility index (Phi) is 18.3. The van der Waals surface area contributed by atoms with Crippen molar-refractivity contribution in [3.8, 4) is 23.0 Å². The topological polar surface area (TPSA) is 61.0 Å². The van der Waals surface area contributed by atoms with Gasteiger partial charge in [0.05, 0.1) is 28.4 Å². The highest BCUT2D eigenvalue weighted by Crippen LogP contribution is 2.40. The van der Waals surface area contributed by atoms with E-state index in [1.165, 1.54) is 11.1 Å². The average molecular weight is 588 g/mol. The molecule has 2 unspecified atom stereocenters. The van der Waals surface area contributed by atoms with Crippen molar-refractivity contribution in [2.24, 2.45) is 5.92 Å². The minimum absolute atomic E-state index is 0. The predicted molar refractivity (Wildman–Crippen MR) is 168 cm³/mol. The molecule has 0 aliphatic heterocycles. The number of methoxy groups -OCH3 is 4. The van der Waals surface area contributed by atoms with E-state index >= 15 is 0 Å². The second-order valence-corrected chi connectivity index (χ2v) is 10.2. The van der Waals surface area contributed by atoms with Crippen LogP contribution in [0.2, 0.25) is 0 Å². The highest BCUT2D eigenvalue weighted by molar-refractivity contribution is 5.85. The van der Waals surface area contributed by atoms with Crippen LogP contribution >= 0.6 is 24.8 Å². The van der Waals surface area contributed by atoms with E-state index in [0.717, 1.165) is 74.7 Å². The van der Waals surface area contributed by atoms with Crippen LogP contribution in [-0.2, 0) is 11.8 Å². The maximum absolute atomic E-state index is 5.66. The molecule has 8 heteroatoms. The second-order valence-electron chi connectivity index (χ2n) is 10.2. The molecule has 0 aromatic heterocycles. The summed E-state index contributed by atoms with van der Waals surface area (Å²) in [5.41, 5.74) is 2.58. The van der Waals surface area contributed by atoms with Crippen LogP contribution in [0.25, 0.3) is 0 Å². The summed E-state index contributed by atoms with van der Waals surface area (Å²) >= 11 is 0. The Morgan fingerprint density at radius 2 is 1.31 bits per heavy atom. The number of hydrogen-bond acceptors (Lipinski definition) is 6. The van der Waals surface area contributed by atoms with E-state index < -0.39 is 0 Å². The van der Waals surface area contributed by atoms with Gasteiger partial charge in [0, 0.05) is 18.0 Å². The fraction of sp³-hybridized carbons (Fsp3) is 0.613. The second kappa shape index (κ2) is 19.3. The van der Waals surface area contributed by atoms with Gasteiger partial charge < -0.3 is 29.6 Å². The van der Waals surface area contributed by atoms with Gasteiger partial charge in [0.1, 0.15) is 0 Å². The molecule has 6 nitrogen and oxygen atoms in total. The lowest BCUT2D eigenvalue weighted by Crippen LogP contribution is -2.45.